The Bertz CT molecular complexity index is 1890. The monoisotopic (exact) mass is 796 g/mol. The smallest absolute Gasteiger partial charge is 0.411 e. The van der Waals surface area contributed by atoms with Gasteiger partial charge in [0.1, 0.15) is 15.5 Å². The van der Waals surface area contributed by atoms with Crippen molar-refractivity contribution in [1.82, 2.24) is 9.80 Å². The highest BCUT2D eigenvalue weighted by Crippen LogP contribution is 2.42. The van der Waals surface area contributed by atoms with Crippen molar-refractivity contribution in [1.29, 1.82) is 0 Å². The number of nitrogens with one attached hydrogen (secondary N) is 1. The summed E-state index contributed by atoms with van der Waals surface area (Å²) in [5.41, 5.74) is 4.62. The molecule has 1 aliphatic carbocycles. The molecule has 1 unspecified atom stereocenters. The van der Waals surface area contributed by atoms with Crippen LogP contribution in [0.2, 0.25) is 5.02 Å². The Labute approximate surface area is 330 Å². The number of carbonyl (C=O) groups is 3. The van der Waals surface area contributed by atoms with E-state index in [-0.39, 0.29) is 30.6 Å². The zero-order valence-electron chi connectivity index (χ0n) is 32.3. The summed E-state index contributed by atoms with van der Waals surface area (Å²) in [5.74, 6) is 0.333. The molecular weight excluding hydrogens is 742 g/mol. The summed E-state index contributed by atoms with van der Waals surface area (Å²) in [5, 5.41) is 0.709. The van der Waals surface area contributed by atoms with E-state index in [0.29, 0.717) is 80.1 Å². The number of anilines is 1. The van der Waals surface area contributed by atoms with Crippen LogP contribution in [-0.4, -0.2) is 109 Å². The first-order valence-corrected chi connectivity index (χ1v) is 21.6. The molecule has 6 rings (SSSR count). The van der Waals surface area contributed by atoms with Crippen LogP contribution in [0.25, 0.3) is 0 Å². The molecule has 4 atom stereocenters. The maximum absolute atomic E-state index is 14.4. The number of piperidine rings is 1. The van der Waals surface area contributed by atoms with Crippen LogP contribution in [0, 0.1) is 11.8 Å². The Morgan fingerprint density at radius 2 is 1.89 bits per heavy atom. The summed E-state index contributed by atoms with van der Waals surface area (Å²) in [4.78, 5) is 47.4. The molecule has 3 aliphatic heterocycles. The van der Waals surface area contributed by atoms with E-state index in [1.165, 1.54) is 16.7 Å². The van der Waals surface area contributed by atoms with E-state index in [2.05, 4.69) is 38.5 Å². The van der Waals surface area contributed by atoms with Crippen molar-refractivity contribution in [3.63, 3.8) is 0 Å². The first kappa shape index (κ1) is 40.9. The van der Waals surface area contributed by atoms with Crippen molar-refractivity contribution in [2.45, 2.75) is 76.5 Å². The number of amides is 4. The average molecular weight is 797 g/mol. The molecule has 55 heavy (non-hydrogen) atoms. The van der Waals surface area contributed by atoms with Gasteiger partial charge < -0.3 is 28.9 Å². The largest absolute Gasteiger partial charge is 0.491 e. The van der Waals surface area contributed by atoms with Gasteiger partial charge in [-0.05, 0) is 111 Å². The summed E-state index contributed by atoms with van der Waals surface area (Å²) >= 11 is 6.47. The molecule has 0 radical (unpaired) electrons. The molecule has 0 aromatic heterocycles. The number of rotatable bonds is 5. The molecule has 12 nitrogen and oxygen atoms in total. The van der Waals surface area contributed by atoms with Crippen molar-refractivity contribution in [3.8, 4) is 5.75 Å². The van der Waals surface area contributed by atoms with Crippen molar-refractivity contribution < 1.29 is 37.8 Å². The number of methoxy groups -OCH3 is 1. The predicted octanol–water partition coefficient (Wildman–Crippen LogP) is 4.86. The molecule has 2 fully saturated rings. The van der Waals surface area contributed by atoms with Crippen LogP contribution in [0.1, 0.15) is 72.9 Å². The highest BCUT2D eigenvalue weighted by atomic mass is 35.5. The Morgan fingerprint density at radius 1 is 1.07 bits per heavy atom. The molecular formula is C41H55ClN5O7S+. The summed E-state index contributed by atoms with van der Waals surface area (Å²) in [6.07, 6.45) is 11.1. The Hall–Kier alpha value is -3.78. The second-order valence-corrected chi connectivity index (χ2v) is 17.8. The quantitative estimate of drug-likeness (QED) is 0.258. The van der Waals surface area contributed by atoms with Crippen molar-refractivity contribution in [3.05, 3.63) is 70.3 Å². The minimum atomic E-state index is -3.32. The molecule has 1 saturated carbocycles. The van der Waals surface area contributed by atoms with E-state index in [1.54, 1.807) is 37.1 Å². The number of likely N-dealkylation sites (tertiary alicyclic amines) is 1. The SMILES string of the molecule is CO[C@H]1/C=C/CCCS(=O)(C=[NH+]C(=O)COC2CCN(C(=O)N(C)C)CC2)=NC(=O)c2ccc3c(c2)N(Cc2ccc(Cl)cc2CCCCO3)C[C@@H]2CC[C@H]21. The maximum atomic E-state index is 14.4. The minimum absolute atomic E-state index is 0.0483. The molecule has 4 aliphatic rings. The Balaban J connectivity index is 1.28. The van der Waals surface area contributed by atoms with Gasteiger partial charge >= 0.3 is 11.9 Å². The average Bonchev–Trinajstić information content (AvgIpc) is 3.19. The first-order valence-electron chi connectivity index (χ1n) is 19.5. The lowest BCUT2D eigenvalue weighted by Crippen LogP contribution is -2.76. The van der Waals surface area contributed by atoms with Crippen LogP contribution in [0.3, 0.4) is 0 Å². The molecule has 3 heterocycles. The van der Waals surface area contributed by atoms with Gasteiger partial charge in [-0.25, -0.2) is 13.8 Å². The molecule has 1 N–H and O–H groups in total. The molecule has 2 bridgehead atoms. The van der Waals surface area contributed by atoms with Crippen LogP contribution in [0.5, 0.6) is 5.75 Å². The van der Waals surface area contributed by atoms with Gasteiger partial charge in [-0.1, -0.05) is 29.8 Å². The molecule has 2 aromatic rings. The number of allylic oxidation sites excluding steroid dienone is 1. The van der Waals surface area contributed by atoms with Gasteiger partial charge in [-0.15, -0.1) is 4.36 Å². The van der Waals surface area contributed by atoms with Gasteiger partial charge in [-0.3, -0.25) is 4.79 Å². The number of benzene rings is 2. The summed E-state index contributed by atoms with van der Waals surface area (Å²) in [6.45, 7) is 2.70. The van der Waals surface area contributed by atoms with E-state index in [9.17, 15) is 18.6 Å². The highest BCUT2D eigenvalue weighted by molar-refractivity contribution is 8.06. The number of nitrogens with zero attached hydrogens (tertiary/aromatic N) is 4. The number of ether oxygens (including phenoxy) is 3. The van der Waals surface area contributed by atoms with Crippen LogP contribution < -0.4 is 14.6 Å². The number of hydrogen-bond donors (Lipinski definition) is 1. The van der Waals surface area contributed by atoms with Crippen molar-refractivity contribution in [2.24, 2.45) is 16.2 Å². The molecule has 0 spiro atoms. The van der Waals surface area contributed by atoms with Crippen molar-refractivity contribution in [2.75, 3.05) is 64.7 Å². The standard InChI is InChI=1S/C41H54ClN5O7S/c1-45(2)41(50)46-19-17-34(18-20-46)54-27-39(48)43-28-55(51)22-8-4-5-10-37(52-3)35-15-12-32(35)26-47-25-31-11-14-33(42)23-29(31)9-6-7-21-53-38-16-13-30(24-36(38)47)40(49)44-55/h5,10-11,13-14,16,23-24,28,32,34-35,37H,4,6-9,12,15,17-22,25-27H2,1-3H3/p+1/b10-5+,43-28?/t32-,35+,37-,55?/m0/s1. The van der Waals surface area contributed by atoms with E-state index in [1.807, 2.05) is 18.2 Å². The third-order valence-corrected chi connectivity index (χ3v) is 13.2. The fraction of sp³-hybridized carbons (Fsp3) is 0.561. The normalized spacial score (nSPS) is 26.0. The van der Waals surface area contributed by atoms with Gasteiger partial charge in [-0.2, -0.15) is 4.99 Å². The second kappa shape index (κ2) is 18.9. The lowest BCUT2D eigenvalue weighted by atomic mass is 9.70. The van der Waals surface area contributed by atoms with Gasteiger partial charge in [0.15, 0.2) is 6.61 Å². The zero-order chi connectivity index (χ0) is 39.0. The number of urea groups is 1. The fourth-order valence-electron chi connectivity index (χ4n) is 7.84. The molecule has 4 amide bonds. The minimum Gasteiger partial charge on any atom is -0.491 e. The zero-order valence-corrected chi connectivity index (χ0v) is 33.8. The predicted molar refractivity (Wildman–Crippen MR) is 214 cm³/mol. The molecule has 2 aromatic carbocycles. The van der Waals surface area contributed by atoms with Crippen LogP contribution in [-0.2, 0) is 37.0 Å². The number of fused-ring (bicyclic) bond motifs is 3. The van der Waals surface area contributed by atoms with Crippen molar-refractivity contribution >= 4 is 50.4 Å². The molecule has 1 saturated heterocycles. The van der Waals surface area contributed by atoms with Gasteiger partial charge in [0.2, 0.25) is 5.55 Å². The number of hydrogen-bond acceptors (Lipinski definition) is 8. The topological polar surface area (TPSA) is 132 Å². The fourth-order valence-corrected chi connectivity index (χ4v) is 9.58. The third kappa shape index (κ3) is 10.8. The van der Waals surface area contributed by atoms with E-state index < -0.39 is 21.5 Å². The third-order valence-electron chi connectivity index (χ3n) is 11.1. The summed E-state index contributed by atoms with van der Waals surface area (Å²) < 4.78 is 36.9. The second-order valence-electron chi connectivity index (χ2n) is 15.2. The lowest BCUT2D eigenvalue weighted by Gasteiger charge is -2.43. The maximum Gasteiger partial charge on any atom is 0.411 e. The van der Waals surface area contributed by atoms with Crippen LogP contribution >= 0.6 is 11.6 Å². The van der Waals surface area contributed by atoms with E-state index in [0.717, 1.165) is 44.3 Å². The number of halogens is 1. The first-order chi connectivity index (χ1) is 26.5. The van der Waals surface area contributed by atoms with Crippen LogP contribution in [0.4, 0.5) is 10.5 Å². The van der Waals surface area contributed by atoms with Gasteiger partial charge in [0.05, 0.1) is 24.5 Å². The highest BCUT2D eigenvalue weighted by Gasteiger charge is 2.38. The number of carbonyl (C=O) groups excluding carboxylic acids is 3. The Kier molecular flexibility index (Phi) is 14.0. The van der Waals surface area contributed by atoms with E-state index in [4.69, 9.17) is 25.8 Å². The van der Waals surface area contributed by atoms with Crippen LogP contribution in [0.15, 0.2) is 52.9 Å². The number of aryl methyl sites for hydroxylation is 1. The molecule has 14 heteroatoms. The summed E-state index contributed by atoms with van der Waals surface area (Å²) in [6, 6.07) is 11.3. The lowest BCUT2D eigenvalue weighted by molar-refractivity contribution is -0.374. The molecule has 298 valence electrons. The van der Waals surface area contributed by atoms with E-state index >= 15 is 0 Å². The Morgan fingerprint density at radius 3 is 2.64 bits per heavy atom. The van der Waals surface area contributed by atoms with Gasteiger partial charge in [0.25, 0.3) is 5.91 Å². The van der Waals surface area contributed by atoms with Gasteiger partial charge in [0, 0.05) is 63.7 Å². The summed E-state index contributed by atoms with van der Waals surface area (Å²) in [7, 11) is 1.87.